The number of hydrogen-bond donors (Lipinski definition) is 0. The predicted octanol–water partition coefficient (Wildman–Crippen LogP) is 5.91. The fourth-order valence-corrected chi connectivity index (χ4v) is 4.17. The zero-order valence-electron chi connectivity index (χ0n) is 18.6. The van der Waals surface area contributed by atoms with E-state index in [0.29, 0.717) is 25.7 Å². The van der Waals surface area contributed by atoms with Crippen molar-refractivity contribution in [2.24, 2.45) is 11.8 Å². The minimum Gasteiger partial charge on any atom is -0.426 e. The Balaban J connectivity index is 1.50. The Morgan fingerprint density at radius 2 is 1.03 bits per heavy atom. The van der Waals surface area contributed by atoms with E-state index in [1.165, 1.54) is 36.4 Å². The number of carbonyl (C=O) groups excluding carboxylic acids is 4. The van der Waals surface area contributed by atoms with Crippen LogP contribution in [0.3, 0.4) is 0 Å². The van der Waals surface area contributed by atoms with E-state index >= 15 is 0 Å². The van der Waals surface area contributed by atoms with Gasteiger partial charge in [0.25, 0.3) is 0 Å². The van der Waals surface area contributed by atoms with Gasteiger partial charge < -0.3 is 18.9 Å². The molecule has 0 unspecified atom stereocenters. The Labute approximate surface area is 233 Å². The van der Waals surface area contributed by atoms with E-state index in [1.54, 1.807) is 0 Å². The molecule has 0 N–H and O–H groups in total. The highest BCUT2D eigenvalue weighted by atomic mass is 79.9. The highest BCUT2D eigenvalue weighted by Gasteiger charge is 2.32. The van der Waals surface area contributed by atoms with Gasteiger partial charge in [-0.25, -0.2) is 0 Å². The summed E-state index contributed by atoms with van der Waals surface area (Å²) in [6.07, 6.45) is 1.75. The summed E-state index contributed by atoms with van der Waals surface area (Å²) in [6, 6.07) is 8.64. The van der Waals surface area contributed by atoms with Crippen LogP contribution >= 0.6 is 55.1 Å². The summed E-state index contributed by atoms with van der Waals surface area (Å²) < 4.78 is 21.0. The topological polar surface area (TPSA) is 105 Å². The zero-order valence-corrected chi connectivity index (χ0v) is 23.3. The third-order valence-electron chi connectivity index (χ3n) is 5.30. The largest absolute Gasteiger partial charge is 0.426 e. The van der Waals surface area contributed by atoms with E-state index in [0.717, 1.165) is 0 Å². The molecule has 0 aliphatic heterocycles. The third-order valence-corrected chi connectivity index (χ3v) is 6.81. The first-order valence-corrected chi connectivity index (χ1v) is 13.8. The molecule has 1 aliphatic carbocycles. The van der Waals surface area contributed by atoms with Crippen molar-refractivity contribution < 1.29 is 38.1 Å². The molecule has 1 fully saturated rings. The van der Waals surface area contributed by atoms with Gasteiger partial charge in [0.05, 0.1) is 21.9 Å². The first-order chi connectivity index (χ1) is 17.2. The third kappa shape index (κ3) is 7.93. The predicted molar refractivity (Wildman–Crippen MR) is 138 cm³/mol. The summed E-state index contributed by atoms with van der Waals surface area (Å²) in [4.78, 5) is 48.0. The number of ether oxygens (including phenoxy) is 4. The fraction of sp³-hybridized carbons (Fsp3) is 0.333. The smallest absolute Gasteiger partial charge is 0.321 e. The summed E-state index contributed by atoms with van der Waals surface area (Å²) in [5.41, 5.74) is 0. The van der Waals surface area contributed by atoms with Crippen LogP contribution in [-0.2, 0) is 19.2 Å². The SMILES string of the molecule is O=C(CBr)Oc1ccc(OC(=O)C2CCC(C(=O)Oc3ccc(OC(=O)CBr)cc3Cl)CC2)c(Cl)c1. The van der Waals surface area contributed by atoms with Gasteiger partial charge in [-0.15, -0.1) is 0 Å². The normalized spacial score (nSPS) is 17.1. The number of carbonyl (C=O) groups is 4. The molecule has 0 heterocycles. The van der Waals surface area contributed by atoms with Crippen LogP contribution in [0.4, 0.5) is 0 Å². The average molecular weight is 667 g/mol. The molecule has 0 spiro atoms. The van der Waals surface area contributed by atoms with Crippen LogP contribution in [0.5, 0.6) is 23.0 Å². The number of hydrogen-bond acceptors (Lipinski definition) is 8. The lowest BCUT2D eigenvalue weighted by Crippen LogP contribution is -2.30. The highest BCUT2D eigenvalue weighted by molar-refractivity contribution is 9.09. The van der Waals surface area contributed by atoms with Gasteiger partial charge in [0.2, 0.25) is 0 Å². The van der Waals surface area contributed by atoms with Crippen molar-refractivity contribution in [3.63, 3.8) is 0 Å². The highest BCUT2D eigenvalue weighted by Crippen LogP contribution is 2.35. The van der Waals surface area contributed by atoms with Gasteiger partial charge in [-0.05, 0) is 49.9 Å². The lowest BCUT2D eigenvalue weighted by molar-refractivity contribution is -0.145. The molecule has 0 amide bonds. The van der Waals surface area contributed by atoms with Crippen LogP contribution in [0.2, 0.25) is 10.0 Å². The number of esters is 4. The van der Waals surface area contributed by atoms with Crippen molar-refractivity contribution in [1.82, 2.24) is 0 Å². The van der Waals surface area contributed by atoms with Crippen LogP contribution in [0.25, 0.3) is 0 Å². The van der Waals surface area contributed by atoms with E-state index in [4.69, 9.17) is 42.1 Å². The number of rotatable bonds is 8. The standard InChI is InChI=1S/C24H20Br2Cl2O8/c25-11-21(29)33-15-5-7-19(17(27)9-15)35-23(31)13-1-2-14(4-3-13)24(32)36-20-8-6-16(10-18(20)28)34-22(30)12-26/h5-10,13-14H,1-4,11-12H2. The van der Waals surface area contributed by atoms with Gasteiger partial charge in [-0.3, -0.25) is 19.2 Å². The molecular formula is C24H20Br2Cl2O8. The van der Waals surface area contributed by atoms with E-state index < -0.39 is 35.7 Å². The minimum atomic E-state index is -0.485. The van der Waals surface area contributed by atoms with Crippen molar-refractivity contribution in [3.05, 3.63) is 46.4 Å². The quantitative estimate of drug-likeness (QED) is 0.195. The van der Waals surface area contributed by atoms with E-state index in [2.05, 4.69) is 31.9 Å². The van der Waals surface area contributed by atoms with Crippen molar-refractivity contribution >= 4 is 78.9 Å². The molecule has 8 nitrogen and oxygen atoms in total. The molecule has 0 radical (unpaired) electrons. The Morgan fingerprint density at radius 1 is 0.667 bits per heavy atom. The molecule has 12 heteroatoms. The van der Waals surface area contributed by atoms with E-state index in [9.17, 15) is 19.2 Å². The molecule has 2 aromatic rings. The molecular weight excluding hydrogens is 647 g/mol. The molecule has 0 bridgehead atoms. The Kier molecular flexibility index (Phi) is 10.6. The average Bonchev–Trinajstić information content (AvgIpc) is 2.87. The summed E-state index contributed by atoms with van der Waals surface area (Å²) in [7, 11) is 0. The van der Waals surface area contributed by atoms with Gasteiger partial charge in [0, 0.05) is 12.1 Å². The monoisotopic (exact) mass is 664 g/mol. The lowest BCUT2D eigenvalue weighted by Gasteiger charge is -2.26. The second-order valence-electron chi connectivity index (χ2n) is 7.79. The molecule has 0 aromatic heterocycles. The Hall–Kier alpha value is -2.14. The first-order valence-electron chi connectivity index (χ1n) is 10.8. The summed E-state index contributed by atoms with van der Waals surface area (Å²) in [5.74, 6) is -1.90. The van der Waals surface area contributed by atoms with Gasteiger partial charge in [0.15, 0.2) is 0 Å². The van der Waals surface area contributed by atoms with Crippen LogP contribution in [0.1, 0.15) is 25.7 Å². The number of alkyl halides is 2. The van der Waals surface area contributed by atoms with Crippen LogP contribution < -0.4 is 18.9 Å². The number of halogens is 4. The van der Waals surface area contributed by atoms with Crippen molar-refractivity contribution in [3.8, 4) is 23.0 Å². The van der Waals surface area contributed by atoms with Crippen LogP contribution in [0.15, 0.2) is 36.4 Å². The summed E-state index contributed by atoms with van der Waals surface area (Å²) in [5, 5.41) is 0.327. The summed E-state index contributed by atoms with van der Waals surface area (Å²) >= 11 is 18.3. The molecule has 192 valence electrons. The maximum Gasteiger partial charge on any atom is 0.321 e. The van der Waals surface area contributed by atoms with Gasteiger partial charge >= 0.3 is 23.9 Å². The zero-order chi connectivity index (χ0) is 26.2. The molecule has 0 atom stereocenters. The second-order valence-corrected chi connectivity index (χ2v) is 9.73. The van der Waals surface area contributed by atoms with Crippen molar-refractivity contribution in [2.45, 2.75) is 25.7 Å². The minimum absolute atomic E-state index is 0.0334. The van der Waals surface area contributed by atoms with Crippen LogP contribution in [-0.4, -0.2) is 34.5 Å². The maximum absolute atomic E-state index is 12.6. The molecule has 3 rings (SSSR count). The van der Waals surface area contributed by atoms with Gasteiger partial charge in [-0.1, -0.05) is 55.1 Å². The maximum atomic E-state index is 12.6. The van der Waals surface area contributed by atoms with Gasteiger partial charge in [-0.2, -0.15) is 0 Å². The number of benzene rings is 2. The first kappa shape index (κ1) is 28.4. The molecule has 2 aromatic carbocycles. The summed E-state index contributed by atoms with van der Waals surface area (Å²) in [6.45, 7) is 0. The van der Waals surface area contributed by atoms with Crippen molar-refractivity contribution in [1.29, 1.82) is 0 Å². The Bertz CT molecular complexity index is 1060. The van der Waals surface area contributed by atoms with E-state index in [-0.39, 0.29) is 43.7 Å². The van der Waals surface area contributed by atoms with E-state index in [1.807, 2.05) is 0 Å². The van der Waals surface area contributed by atoms with Crippen LogP contribution in [0, 0.1) is 11.8 Å². The second kappa shape index (κ2) is 13.4. The molecule has 1 saturated carbocycles. The van der Waals surface area contributed by atoms with Crippen molar-refractivity contribution in [2.75, 3.05) is 10.7 Å². The Morgan fingerprint density at radius 3 is 1.33 bits per heavy atom. The lowest BCUT2D eigenvalue weighted by atomic mass is 9.82. The molecule has 36 heavy (non-hydrogen) atoms. The fourth-order valence-electron chi connectivity index (χ4n) is 3.52. The van der Waals surface area contributed by atoms with Gasteiger partial charge in [0.1, 0.15) is 33.7 Å². The molecule has 1 aliphatic rings. The molecule has 0 saturated heterocycles.